The molecule has 0 aromatic heterocycles. The number of hydrogen-bond donors (Lipinski definition) is 2. The molecule has 2 N–H and O–H groups in total. The summed E-state index contributed by atoms with van der Waals surface area (Å²) in [5.74, 6) is -3.31. The highest BCUT2D eigenvalue weighted by Gasteiger charge is 2.48. The van der Waals surface area contributed by atoms with Crippen LogP contribution in [-0.4, -0.2) is 41.9 Å². The van der Waals surface area contributed by atoms with E-state index < -0.39 is 23.6 Å². The Labute approximate surface area is 92.7 Å². The maximum absolute atomic E-state index is 11.3. The molecule has 0 aliphatic carbocycles. The SMILES string of the molecule is CCOC(=O)C(O)(NC(C)=O)C(=O)OCC. The van der Waals surface area contributed by atoms with Gasteiger partial charge in [-0.25, -0.2) is 9.59 Å². The number of ether oxygens (including phenoxy) is 2. The molecule has 0 radical (unpaired) electrons. The van der Waals surface area contributed by atoms with E-state index in [0.29, 0.717) is 0 Å². The van der Waals surface area contributed by atoms with E-state index in [-0.39, 0.29) is 13.2 Å². The minimum atomic E-state index is -2.78. The maximum atomic E-state index is 11.3. The summed E-state index contributed by atoms with van der Waals surface area (Å²) in [5, 5.41) is 11.5. The van der Waals surface area contributed by atoms with E-state index in [0.717, 1.165) is 6.92 Å². The number of hydrogen-bond acceptors (Lipinski definition) is 6. The monoisotopic (exact) mass is 233 g/mol. The number of nitrogens with one attached hydrogen (secondary N) is 1. The van der Waals surface area contributed by atoms with Crippen LogP contribution in [0.5, 0.6) is 0 Å². The number of carbonyl (C=O) groups is 3. The first-order valence-electron chi connectivity index (χ1n) is 4.74. The Morgan fingerprint density at radius 1 is 1.12 bits per heavy atom. The molecule has 7 nitrogen and oxygen atoms in total. The molecule has 0 unspecified atom stereocenters. The number of carbonyl (C=O) groups excluding carboxylic acids is 3. The van der Waals surface area contributed by atoms with Crippen molar-refractivity contribution in [3.63, 3.8) is 0 Å². The molecule has 0 aliphatic heterocycles. The second kappa shape index (κ2) is 6.06. The summed E-state index contributed by atoms with van der Waals surface area (Å²) in [6, 6.07) is 0. The first-order chi connectivity index (χ1) is 7.38. The Morgan fingerprint density at radius 3 is 1.75 bits per heavy atom. The molecule has 16 heavy (non-hydrogen) atoms. The smallest absolute Gasteiger partial charge is 0.372 e. The Kier molecular flexibility index (Phi) is 5.44. The predicted octanol–water partition coefficient (Wildman–Crippen LogP) is -1.06. The molecule has 0 saturated carbocycles. The van der Waals surface area contributed by atoms with E-state index in [4.69, 9.17) is 0 Å². The molecule has 0 aliphatic rings. The van der Waals surface area contributed by atoms with Crippen molar-refractivity contribution in [2.24, 2.45) is 0 Å². The highest BCUT2D eigenvalue weighted by Crippen LogP contribution is 2.06. The van der Waals surface area contributed by atoms with Crippen molar-refractivity contribution in [1.82, 2.24) is 5.32 Å². The molecule has 0 rings (SSSR count). The Hall–Kier alpha value is -1.63. The third-order valence-corrected chi connectivity index (χ3v) is 1.50. The highest BCUT2D eigenvalue weighted by molar-refractivity contribution is 6.05. The van der Waals surface area contributed by atoms with Gasteiger partial charge in [-0.05, 0) is 13.8 Å². The first-order valence-corrected chi connectivity index (χ1v) is 4.74. The van der Waals surface area contributed by atoms with Gasteiger partial charge < -0.3 is 19.9 Å². The summed E-state index contributed by atoms with van der Waals surface area (Å²) in [5.41, 5.74) is -2.78. The van der Waals surface area contributed by atoms with Gasteiger partial charge in [0.15, 0.2) is 0 Å². The van der Waals surface area contributed by atoms with Crippen LogP contribution in [0.25, 0.3) is 0 Å². The zero-order chi connectivity index (χ0) is 12.8. The van der Waals surface area contributed by atoms with E-state index in [1.165, 1.54) is 13.8 Å². The number of rotatable bonds is 5. The summed E-state index contributed by atoms with van der Waals surface area (Å²) in [6.07, 6.45) is 0. The quantitative estimate of drug-likeness (QED) is 0.356. The molecule has 0 saturated heterocycles. The summed E-state index contributed by atoms with van der Waals surface area (Å²) in [6.45, 7) is 3.96. The standard InChI is InChI=1S/C9H15NO6/c1-4-15-7(12)9(14,10-6(3)11)8(13)16-5-2/h14H,4-5H2,1-3H3,(H,10,11). The Bertz CT molecular complexity index is 270. The van der Waals surface area contributed by atoms with Gasteiger partial charge in [-0.2, -0.15) is 0 Å². The van der Waals surface area contributed by atoms with Crippen molar-refractivity contribution in [2.45, 2.75) is 26.5 Å². The van der Waals surface area contributed by atoms with E-state index in [9.17, 15) is 19.5 Å². The normalized spacial score (nSPS) is 10.5. The molecule has 0 atom stereocenters. The molecule has 92 valence electrons. The summed E-state index contributed by atoms with van der Waals surface area (Å²) in [7, 11) is 0. The lowest BCUT2D eigenvalue weighted by atomic mass is 10.2. The largest absolute Gasteiger partial charge is 0.462 e. The predicted molar refractivity (Wildman–Crippen MR) is 52.0 cm³/mol. The van der Waals surface area contributed by atoms with E-state index in [1.54, 1.807) is 5.32 Å². The first kappa shape index (κ1) is 14.4. The van der Waals surface area contributed by atoms with E-state index in [2.05, 4.69) is 9.47 Å². The van der Waals surface area contributed by atoms with Crippen molar-refractivity contribution >= 4 is 17.8 Å². The highest BCUT2D eigenvalue weighted by atomic mass is 16.6. The third kappa shape index (κ3) is 3.50. The van der Waals surface area contributed by atoms with Crippen LogP contribution in [0.1, 0.15) is 20.8 Å². The average molecular weight is 233 g/mol. The van der Waals surface area contributed by atoms with Crippen LogP contribution in [0.3, 0.4) is 0 Å². The van der Waals surface area contributed by atoms with Gasteiger partial charge in [0.25, 0.3) is 0 Å². The molecule has 0 spiro atoms. The van der Waals surface area contributed by atoms with Crippen LogP contribution in [0, 0.1) is 0 Å². The van der Waals surface area contributed by atoms with E-state index in [1.807, 2.05) is 0 Å². The van der Waals surface area contributed by atoms with Gasteiger partial charge in [0, 0.05) is 6.92 Å². The van der Waals surface area contributed by atoms with Crippen molar-refractivity contribution in [3.8, 4) is 0 Å². The molecule has 0 aromatic carbocycles. The number of amides is 1. The maximum Gasteiger partial charge on any atom is 0.372 e. The molecule has 1 amide bonds. The minimum absolute atomic E-state index is 0.0415. The van der Waals surface area contributed by atoms with Gasteiger partial charge in [-0.15, -0.1) is 0 Å². The lowest BCUT2D eigenvalue weighted by Gasteiger charge is -2.23. The van der Waals surface area contributed by atoms with Gasteiger partial charge in [0.1, 0.15) is 0 Å². The fourth-order valence-corrected chi connectivity index (χ4v) is 0.911. The van der Waals surface area contributed by atoms with Crippen molar-refractivity contribution in [1.29, 1.82) is 0 Å². The van der Waals surface area contributed by atoms with Crippen LogP contribution >= 0.6 is 0 Å². The topological polar surface area (TPSA) is 102 Å². The molecular weight excluding hydrogens is 218 g/mol. The lowest BCUT2D eigenvalue weighted by molar-refractivity contribution is -0.188. The molecule has 0 heterocycles. The minimum Gasteiger partial charge on any atom is -0.462 e. The Morgan fingerprint density at radius 2 is 1.50 bits per heavy atom. The van der Waals surface area contributed by atoms with Crippen molar-refractivity contribution in [3.05, 3.63) is 0 Å². The fourth-order valence-electron chi connectivity index (χ4n) is 0.911. The van der Waals surface area contributed by atoms with Gasteiger partial charge in [0.2, 0.25) is 5.91 Å². The van der Waals surface area contributed by atoms with Gasteiger partial charge in [-0.3, -0.25) is 4.79 Å². The number of aliphatic hydroxyl groups is 1. The summed E-state index contributed by atoms with van der Waals surface area (Å²) < 4.78 is 8.94. The van der Waals surface area contributed by atoms with Gasteiger partial charge >= 0.3 is 17.7 Å². The number of esters is 2. The van der Waals surface area contributed by atoms with Gasteiger partial charge in [0.05, 0.1) is 13.2 Å². The molecule has 0 aromatic rings. The summed E-state index contributed by atoms with van der Waals surface area (Å²) >= 11 is 0. The second-order valence-electron chi connectivity index (χ2n) is 2.83. The lowest BCUT2D eigenvalue weighted by Crippen LogP contribution is -2.61. The van der Waals surface area contributed by atoms with E-state index >= 15 is 0 Å². The fraction of sp³-hybridized carbons (Fsp3) is 0.667. The van der Waals surface area contributed by atoms with Crippen molar-refractivity contribution in [2.75, 3.05) is 13.2 Å². The molecule has 7 heteroatoms. The van der Waals surface area contributed by atoms with Gasteiger partial charge in [-0.1, -0.05) is 0 Å². The zero-order valence-corrected chi connectivity index (χ0v) is 9.40. The van der Waals surface area contributed by atoms with Crippen LogP contribution in [0.15, 0.2) is 0 Å². The van der Waals surface area contributed by atoms with Crippen LogP contribution in [-0.2, 0) is 23.9 Å². The molecular formula is C9H15NO6. The van der Waals surface area contributed by atoms with Crippen molar-refractivity contribution < 1.29 is 29.0 Å². The van der Waals surface area contributed by atoms with Crippen LogP contribution < -0.4 is 5.32 Å². The summed E-state index contributed by atoms with van der Waals surface area (Å²) in [4.78, 5) is 33.4. The third-order valence-electron chi connectivity index (χ3n) is 1.50. The zero-order valence-electron chi connectivity index (χ0n) is 9.40. The van der Waals surface area contributed by atoms with Crippen LogP contribution in [0.4, 0.5) is 0 Å². The molecule has 0 fully saturated rings. The second-order valence-corrected chi connectivity index (χ2v) is 2.83. The average Bonchev–Trinajstić information content (AvgIpc) is 2.17. The Balaban J connectivity index is 4.93. The molecule has 0 bridgehead atoms. The van der Waals surface area contributed by atoms with Crippen LogP contribution in [0.2, 0.25) is 0 Å².